The highest BCUT2D eigenvalue weighted by Gasteiger charge is 2.60. The molecule has 36 heavy (non-hydrogen) atoms. The van der Waals surface area contributed by atoms with Crippen LogP contribution in [0.25, 0.3) is 0 Å². The van der Waals surface area contributed by atoms with Gasteiger partial charge in [-0.2, -0.15) is 26.3 Å². The van der Waals surface area contributed by atoms with Gasteiger partial charge in [0.25, 0.3) is 0 Å². The smallest absolute Gasteiger partial charge is 0.356 e. The zero-order valence-corrected chi connectivity index (χ0v) is 19.2. The first-order chi connectivity index (χ1) is 17.0. The van der Waals surface area contributed by atoms with Gasteiger partial charge in [-0.05, 0) is 60.6 Å². The minimum absolute atomic E-state index is 0.122. The van der Waals surface area contributed by atoms with E-state index in [4.69, 9.17) is 0 Å². The fraction of sp³-hybridized carbons (Fsp3) is 0.333. The SMILES string of the molecule is O=C(NCCCCc1cccnc1)[C@H]1CC1(c1cccc(C(F)(F)F)c1)c1cccc(C(F)(F)F)c1. The van der Waals surface area contributed by atoms with E-state index in [2.05, 4.69) is 10.3 Å². The summed E-state index contributed by atoms with van der Waals surface area (Å²) in [5.41, 5.74) is -1.66. The Labute approximate surface area is 204 Å². The standard InChI is InChI=1S/C27H24F6N2O/c28-26(29,30)21-10-3-8-19(14-21)25(20-9-4-11-22(15-20)27(31,32)33)16-23(25)24(36)35-13-2-1-6-18-7-5-12-34-17-18/h3-5,7-12,14-15,17,23H,1-2,6,13,16H2,(H,35,36)/t23-/m1/s1. The Balaban J connectivity index is 1.53. The van der Waals surface area contributed by atoms with Crippen LogP contribution in [0.1, 0.15) is 47.1 Å². The number of amides is 1. The maximum Gasteiger partial charge on any atom is 0.416 e. The van der Waals surface area contributed by atoms with Gasteiger partial charge in [-0.1, -0.05) is 42.5 Å². The summed E-state index contributed by atoms with van der Waals surface area (Å²) < 4.78 is 80.3. The van der Waals surface area contributed by atoms with Crippen LogP contribution in [-0.2, 0) is 29.0 Å². The molecule has 0 bridgehead atoms. The summed E-state index contributed by atoms with van der Waals surface area (Å²) >= 11 is 0. The number of aryl methyl sites for hydroxylation is 1. The van der Waals surface area contributed by atoms with Crippen LogP contribution in [0.3, 0.4) is 0 Å². The van der Waals surface area contributed by atoms with E-state index in [0.717, 1.165) is 42.7 Å². The third-order valence-corrected chi connectivity index (χ3v) is 6.60. The average molecular weight is 506 g/mol. The predicted molar refractivity (Wildman–Crippen MR) is 122 cm³/mol. The molecule has 1 aromatic heterocycles. The number of nitrogens with one attached hydrogen (secondary N) is 1. The van der Waals surface area contributed by atoms with Gasteiger partial charge in [0.2, 0.25) is 5.91 Å². The number of halogens is 6. The van der Waals surface area contributed by atoms with Crippen molar-refractivity contribution in [3.63, 3.8) is 0 Å². The third-order valence-electron chi connectivity index (χ3n) is 6.60. The van der Waals surface area contributed by atoms with Crippen LogP contribution in [-0.4, -0.2) is 17.4 Å². The molecule has 2 aromatic carbocycles. The van der Waals surface area contributed by atoms with Gasteiger partial charge in [-0.15, -0.1) is 0 Å². The highest BCUT2D eigenvalue weighted by atomic mass is 19.4. The van der Waals surface area contributed by atoms with Gasteiger partial charge in [-0.3, -0.25) is 9.78 Å². The average Bonchev–Trinajstić information content (AvgIpc) is 3.61. The Morgan fingerprint density at radius 1 is 0.889 bits per heavy atom. The van der Waals surface area contributed by atoms with Crippen LogP contribution in [0.5, 0.6) is 0 Å². The Hall–Kier alpha value is -3.36. The topological polar surface area (TPSA) is 42.0 Å². The highest BCUT2D eigenvalue weighted by molar-refractivity contribution is 5.86. The molecule has 1 N–H and O–H groups in total. The number of hydrogen-bond donors (Lipinski definition) is 1. The highest BCUT2D eigenvalue weighted by Crippen LogP contribution is 2.59. The first-order valence-electron chi connectivity index (χ1n) is 11.5. The van der Waals surface area contributed by atoms with Crippen molar-refractivity contribution < 1.29 is 31.1 Å². The molecule has 0 spiro atoms. The monoisotopic (exact) mass is 506 g/mol. The number of carbonyl (C=O) groups excluding carboxylic acids is 1. The summed E-state index contributed by atoms with van der Waals surface area (Å²) in [6.07, 6.45) is -3.42. The molecule has 1 aliphatic carbocycles. The lowest BCUT2D eigenvalue weighted by atomic mass is 9.84. The van der Waals surface area contributed by atoms with Crippen LogP contribution in [0.4, 0.5) is 26.3 Å². The maximum atomic E-state index is 13.4. The molecule has 1 saturated carbocycles. The summed E-state index contributed by atoms with van der Waals surface area (Å²) in [4.78, 5) is 17.0. The molecule has 9 heteroatoms. The van der Waals surface area contributed by atoms with Gasteiger partial charge < -0.3 is 5.32 Å². The van der Waals surface area contributed by atoms with Crippen molar-refractivity contribution in [1.29, 1.82) is 0 Å². The molecular formula is C27H24F6N2O. The van der Waals surface area contributed by atoms with E-state index < -0.39 is 34.8 Å². The van der Waals surface area contributed by atoms with Crippen molar-refractivity contribution >= 4 is 5.91 Å². The number of carbonyl (C=O) groups is 1. The van der Waals surface area contributed by atoms with Crippen LogP contribution >= 0.6 is 0 Å². The van der Waals surface area contributed by atoms with Gasteiger partial charge in [0.15, 0.2) is 0 Å². The third kappa shape index (κ3) is 5.55. The number of nitrogens with zero attached hydrogens (tertiary/aromatic N) is 1. The Kier molecular flexibility index (Phi) is 7.11. The molecule has 0 aliphatic heterocycles. The van der Waals surface area contributed by atoms with Crippen LogP contribution in [0.15, 0.2) is 73.1 Å². The van der Waals surface area contributed by atoms with Crippen molar-refractivity contribution in [2.45, 2.75) is 43.5 Å². The summed E-state index contributed by atoms with van der Waals surface area (Å²) in [5, 5.41) is 2.82. The van der Waals surface area contributed by atoms with E-state index in [-0.39, 0.29) is 23.5 Å². The number of benzene rings is 2. The summed E-state index contributed by atoms with van der Waals surface area (Å²) in [6, 6.07) is 12.8. The zero-order chi connectivity index (χ0) is 26.0. The molecule has 1 amide bonds. The second-order valence-corrected chi connectivity index (χ2v) is 8.99. The molecular weight excluding hydrogens is 482 g/mol. The molecule has 0 saturated heterocycles. The van der Waals surface area contributed by atoms with Crippen LogP contribution in [0, 0.1) is 5.92 Å². The van der Waals surface area contributed by atoms with Gasteiger partial charge in [0, 0.05) is 24.4 Å². The van der Waals surface area contributed by atoms with Crippen molar-refractivity contribution in [2.75, 3.05) is 6.54 Å². The van der Waals surface area contributed by atoms with Crippen molar-refractivity contribution in [1.82, 2.24) is 10.3 Å². The number of unbranched alkanes of at least 4 members (excludes halogenated alkanes) is 1. The number of pyridine rings is 1. The number of alkyl halides is 6. The molecule has 1 atom stereocenters. The Morgan fingerprint density at radius 3 is 2.03 bits per heavy atom. The van der Waals surface area contributed by atoms with Crippen molar-refractivity contribution in [2.24, 2.45) is 5.92 Å². The fourth-order valence-corrected chi connectivity index (χ4v) is 4.67. The van der Waals surface area contributed by atoms with Gasteiger partial charge in [0.05, 0.1) is 17.0 Å². The molecule has 1 aliphatic rings. The predicted octanol–water partition coefficient (Wildman–Crippen LogP) is 6.56. The van der Waals surface area contributed by atoms with Crippen LogP contribution in [0.2, 0.25) is 0 Å². The van der Waals surface area contributed by atoms with E-state index in [1.165, 1.54) is 24.3 Å². The lowest BCUT2D eigenvalue weighted by molar-refractivity contribution is -0.138. The molecule has 4 rings (SSSR count). The minimum Gasteiger partial charge on any atom is -0.356 e. The van der Waals surface area contributed by atoms with E-state index in [0.29, 0.717) is 13.0 Å². The van der Waals surface area contributed by atoms with Gasteiger partial charge in [0.1, 0.15) is 0 Å². The summed E-state index contributed by atoms with van der Waals surface area (Å²) in [7, 11) is 0. The molecule has 0 unspecified atom stereocenters. The minimum atomic E-state index is -4.62. The molecule has 1 heterocycles. The number of aromatic nitrogens is 1. The molecule has 3 nitrogen and oxygen atoms in total. The van der Waals surface area contributed by atoms with Crippen molar-refractivity contribution in [3.8, 4) is 0 Å². The first kappa shape index (κ1) is 25.7. The molecule has 1 fully saturated rings. The molecule has 3 aromatic rings. The normalized spacial score (nSPS) is 17.0. The zero-order valence-electron chi connectivity index (χ0n) is 19.2. The second kappa shape index (κ2) is 9.95. The van der Waals surface area contributed by atoms with E-state index in [1.807, 2.05) is 12.1 Å². The molecule has 190 valence electrons. The number of rotatable bonds is 8. The second-order valence-electron chi connectivity index (χ2n) is 8.99. The summed E-state index contributed by atoms with van der Waals surface area (Å²) in [6.45, 7) is 0.358. The lowest BCUT2D eigenvalue weighted by Gasteiger charge is -2.21. The lowest BCUT2D eigenvalue weighted by Crippen LogP contribution is -2.30. The first-order valence-corrected chi connectivity index (χ1v) is 11.5. The van der Waals surface area contributed by atoms with E-state index in [9.17, 15) is 31.1 Å². The maximum absolute atomic E-state index is 13.4. The van der Waals surface area contributed by atoms with E-state index >= 15 is 0 Å². The van der Waals surface area contributed by atoms with E-state index in [1.54, 1.807) is 12.4 Å². The number of hydrogen-bond acceptors (Lipinski definition) is 2. The molecule has 0 radical (unpaired) electrons. The summed E-state index contributed by atoms with van der Waals surface area (Å²) in [5.74, 6) is -1.16. The Morgan fingerprint density at radius 2 is 1.50 bits per heavy atom. The largest absolute Gasteiger partial charge is 0.416 e. The van der Waals surface area contributed by atoms with Gasteiger partial charge >= 0.3 is 12.4 Å². The van der Waals surface area contributed by atoms with Crippen molar-refractivity contribution in [3.05, 3.63) is 101 Å². The fourth-order valence-electron chi connectivity index (χ4n) is 4.67. The van der Waals surface area contributed by atoms with Crippen LogP contribution < -0.4 is 5.32 Å². The van der Waals surface area contributed by atoms with Gasteiger partial charge in [-0.25, -0.2) is 0 Å². The quantitative estimate of drug-likeness (QED) is 0.278. The Bertz CT molecular complexity index is 1150.